The van der Waals surface area contributed by atoms with E-state index in [4.69, 9.17) is 0 Å². The molecule has 0 spiro atoms. The van der Waals surface area contributed by atoms with E-state index in [9.17, 15) is 8.78 Å². The molecule has 0 aliphatic heterocycles. The van der Waals surface area contributed by atoms with Crippen molar-refractivity contribution in [2.75, 3.05) is 0 Å². The van der Waals surface area contributed by atoms with Gasteiger partial charge in [0.15, 0.2) is 11.6 Å². The predicted octanol–water partition coefficient (Wildman–Crippen LogP) is 5.78. The van der Waals surface area contributed by atoms with Crippen LogP contribution in [-0.2, 0) is 0 Å². The molecule has 21 heavy (non-hydrogen) atoms. The number of benzene rings is 1. The highest BCUT2D eigenvalue weighted by Gasteiger charge is 2.23. The van der Waals surface area contributed by atoms with Crippen molar-refractivity contribution in [1.82, 2.24) is 0 Å². The lowest BCUT2D eigenvalue weighted by atomic mass is 9.76. The van der Waals surface area contributed by atoms with E-state index in [1.807, 2.05) is 0 Å². The number of thiol groups is 1. The Balaban J connectivity index is 1.91. The Kier molecular flexibility index (Phi) is 5.80. The number of hydrogen-bond donors (Lipinski definition) is 1. The summed E-state index contributed by atoms with van der Waals surface area (Å²) in [6, 6.07) is 3.69. The molecule has 1 nitrogen and oxygen atoms in total. The highest BCUT2D eigenvalue weighted by atomic mass is 32.1. The van der Waals surface area contributed by atoms with Crippen molar-refractivity contribution >= 4 is 23.4 Å². The van der Waals surface area contributed by atoms with Gasteiger partial charge in [-0.1, -0.05) is 13.8 Å². The van der Waals surface area contributed by atoms with Gasteiger partial charge >= 0.3 is 0 Å². The summed E-state index contributed by atoms with van der Waals surface area (Å²) in [4.78, 5) is 4.28. The summed E-state index contributed by atoms with van der Waals surface area (Å²) in [5, 5.41) is 0.703. The van der Waals surface area contributed by atoms with E-state index in [-0.39, 0.29) is 0 Å². The molecule has 1 fully saturated rings. The van der Waals surface area contributed by atoms with Crippen LogP contribution in [-0.4, -0.2) is 5.04 Å². The van der Waals surface area contributed by atoms with Crippen LogP contribution in [0.1, 0.15) is 46.0 Å². The predicted molar refractivity (Wildman–Crippen MR) is 87.3 cm³/mol. The molecular weight excluding hydrogens is 288 g/mol. The fourth-order valence-corrected chi connectivity index (χ4v) is 3.44. The molecule has 116 valence electrons. The van der Waals surface area contributed by atoms with Crippen LogP contribution in [0.2, 0.25) is 0 Å². The first-order valence-corrected chi connectivity index (χ1v) is 8.12. The van der Waals surface area contributed by atoms with Crippen LogP contribution in [0, 0.1) is 29.4 Å². The second-order valence-corrected chi connectivity index (χ2v) is 6.87. The van der Waals surface area contributed by atoms with Crippen LogP contribution < -0.4 is 0 Å². The van der Waals surface area contributed by atoms with Crippen molar-refractivity contribution in [3.05, 3.63) is 29.8 Å². The number of halogens is 2. The van der Waals surface area contributed by atoms with Gasteiger partial charge < -0.3 is 0 Å². The first-order chi connectivity index (χ1) is 9.95. The maximum atomic E-state index is 13.1. The normalized spacial score (nSPS) is 23.6. The van der Waals surface area contributed by atoms with Crippen LogP contribution in [0.25, 0.3) is 0 Å². The molecule has 0 saturated heterocycles. The largest absolute Gasteiger partial charge is 0.247 e. The Bertz CT molecular complexity index is 506. The highest BCUT2D eigenvalue weighted by Crippen LogP contribution is 2.35. The fourth-order valence-electron chi connectivity index (χ4n) is 3.07. The summed E-state index contributed by atoms with van der Waals surface area (Å²) in [7, 11) is 0. The van der Waals surface area contributed by atoms with Gasteiger partial charge in [-0.15, -0.1) is 12.6 Å². The van der Waals surface area contributed by atoms with E-state index >= 15 is 0 Å². The van der Waals surface area contributed by atoms with Crippen LogP contribution in [0.15, 0.2) is 23.2 Å². The average Bonchev–Trinajstić information content (AvgIpc) is 2.43. The molecule has 0 atom stereocenters. The van der Waals surface area contributed by atoms with Crippen LogP contribution in [0.3, 0.4) is 0 Å². The third kappa shape index (κ3) is 4.80. The summed E-state index contributed by atoms with van der Waals surface area (Å²) < 4.78 is 26.0. The van der Waals surface area contributed by atoms with E-state index in [0.717, 1.165) is 30.4 Å². The first kappa shape index (κ1) is 16.5. The van der Waals surface area contributed by atoms with Gasteiger partial charge in [-0.25, -0.2) is 13.8 Å². The minimum atomic E-state index is -0.866. The van der Waals surface area contributed by atoms with E-state index < -0.39 is 11.6 Å². The molecule has 1 saturated carbocycles. The quantitative estimate of drug-likeness (QED) is 0.411. The number of hydrogen-bond acceptors (Lipinski definition) is 1. The van der Waals surface area contributed by atoms with Gasteiger partial charge in [0.1, 0.15) is 0 Å². The maximum absolute atomic E-state index is 13.1. The maximum Gasteiger partial charge on any atom is 0.160 e. The van der Waals surface area contributed by atoms with Gasteiger partial charge in [0.25, 0.3) is 0 Å². The Morgan fingerprint density at radius 1 is 1.19 bits per heavy atom. The first-order valence-electron chi connectivity index (χ1n) is 7.67. The van der Waals surface area contributed by atoms with Crippen LogP contribution in [0.4, 0.5) is 14.5 Å². The van der Waals surface area contributed by atoms with E-state index in [0.29, 0.717) is 16.6 Å². The lowest BCUT2D eigenvalue weighted by Gasteiger charge is -2.30. The summed E-state index contributed by atoms with van der Waals surface area (Å²) in [5.74, 6) is 0.503. The smallest absolute Gasteiger partial charge is 0.160 e. The Morgan fingerprint density at radius 2 is 1.86 bits per heavy atom. The van der Waals surface area contributed by atoms with Crippen molar-refractivity contribution in [3.8, 4) is 0 Å². The standard InChI is InChI=1S/C17H23F2NS/c1-11(2)13-5-3-12(4-6-13)9-17(21)20-14-7-8-15(18)16(19)10-14/h7-8,10-13H,3-6,9H2,1-2H3,(H,20,21). The minimum Gasteiger partial charge on any atom is -0.247 e. The van der Waals surface area contributed by atoms with Gasteiger partial charge in [0.05, 0.1) is 10.7 Å². The number of aliphatic imine (C=N–C) groups is 1. The van der Waals surface area contributed by atoms with Gasteiger partial charge in [-0.05, 0) is 62.0 Å². The molecule has 1 aromatic carbocycles. The lowest BCUT2D eigenvalue weighted by Crippen LogP contribution is -2.19. The van der Waals surface area contributed by atoms with Crippen molar-refractivity contribution in [1.29, 1.82) is 0 Å². The Labute approximate surface area is 131 Å². The van der Waals surface area contributed by atoms with E-state index in [1.54, 1.807) is 0 Å². The summed E-state index contributed by atoms with van der Waals surface area (Å²) in [6.07, 6.45) is 5.79. The van der Waals surface area contributed by atoms with Gasteiger partial charge in [-0.2, -0.15) is 0 Å². The number of nitrogens with zero attached hydrogens (tertiary/aromatic N) is 1. The van der Waals surface area contributed by atoms with Gasteiger partial charge in [0, 0.05) is 6.07 Å². The third-order valence-electron chi connectivity index (χ3n) is 4.47. The van der Waals surface area contributed by atoms with Crippen LogP contribution in [0.5, 0.6) is 0 Å². The van der Waals surface area contributed by atoms with Crippen molar-refractivity contribution in [3.63, 3.8) is 0 Å². The van der Waals surface area contributed by atoms with Crippen LogP contribution >= 0.6 is 12.6 Å². The van der Waals surface area contributed by atoms with E-state index in [1.165, 1.54) is 31.7 Å². The summed E-state index contributed by atoms with van der Waals surface area (Å²) >= 11 is 4.41. The second kappa shape index (κ2) is 7.39. The molecule has 0 heterocycles. The second-order valence-electron chi connectivity index (χ2n) is 6.36. The molecule has 0 bridgehead atoms. The monoisotopic (exact) mass is 311 g/mol. The SMILES string of the molecule is CC(C)C1CCC(C/C(S)=N\c2ccc(F)c(F)c2)CC1. The van der Waals surface area contributed by atoms with Gasteiger partial charge in [0.2, 0.25) is 0 Å². The molecule has 0 amide bonds. The molecule has 0 unspecified atom stereocenters. The molecule has 0 radical (unpaired) electrons. The molecule has 4 heteroatoms. The zero-order valence-corrected chi connectivity index (χ0v) is 13.5. The molecule has 0 N–H and O–H groups in total. The minimum absolute atomic E-state index is 0.426. The van der Waals surface area contributed by atoms with E-state index in [2.05, 4.69) is 31.5 Å². The average molecular weight is 311 g/mol. The lowest BCUT2D eigenvalue weighted by molar-refractivity contribution is 0.228. The summed E-state index contributed by atoms with van der Waals surface area (Å²) in [5.41, 5.74) is 0.426. The molecule has 1 aromatic rings. The van der Waals surface area contributed by atoms with Gasteiger partial charge in [-0.3, -0.25) is 0 Å². The topological polar surface area (TPSA) is 12.4 Å². The fraction of sp³-hybridized carbons (Fsp3) is 0.588. The summed E-state index contributed by atoms with van der Waals surface area (Å²) in [6.45, 7) is 4.58. The zero-order valence-electron chi connectivity index (χ0n) is 12.6. The van der Waals surface area contributed by atoms with Crippen molar-refractivity contribution in [2.45, 2.75) is 46.0 Å². The molecule has 1 aliphatic carbocycles. The zero-order chi connectivity index (χ0) is 15.4. The molecule has 1 aliphatic rings. The Hall–Kier alpha value is -0.900. The molecule has 0 aromatic heterocycles. The van der Waals surface area contributed by atoms with Crippen molar-refractivity contribution in [2.24, 2.45) is 22.7 Å². The Morgan fingerprint density at radius 3 is 2.43 bits per heavy atom. The third-order valence-corrected chi connectivity index (χ3v) is 4.75. The highest BCUT2D eigenvalue weighted by molar-refractivity contribution is 7.97. The number of rotatable bonds is 4. The van der Waals surface area contributed by atoms with Crippen molar-refractivity contribution < 1.29 is 8.78 Å². The molecular formula is C17H23F2NS. The molecule has 2 rings (SSSR count).